The number of halogens is 1. The summed E-state index contributed by atoms with van der Waals surface area (Å²) < 4.78 is 11.5. The first-order valence-corrected chi connectivity index (χ1v) is 7.20. The van der Waals surface area contributed by atoms with Crippen molar-refractivity contribution in [2.45, 2.75) is 6.92 Å². The van der Waals surface area contributed by atoms with Crippen LogP contribution in [0.1, 0.15) is 17.3 Å². The summed E-state index contributed by atoms with van der Waals surface area (Å²) in [5, 5.41) is 0.544. The molecule has 3 nitrogen and oxygen atoms in total. The molecule has 3 rings (SSSR count). The molecule has 0 radical (unpaired) electrons. The molecule has 1 heterocycles. The Morgan fingerprint density at radius 2 is 1.86 bits per heavy atom. The lowest BCUT2D eigenvalue weighted by Gasteiger charge is -2.10. The van der Waals surface area contributed by atoms with Gasteiger partial charge in [0.25, 0.3) is 0 Å². The van der Waals surface area contributed by atoms with Gasteiger partial charge >= 0.3 is 0 Å². The van der Waals surface area contributed by atoms with Crippen LogP contribution in [0.4, 0.5) is 0 Å². The van der Waals surface area contributed by atoms with E-state index < -0.39 is 0 Å². The Kier molecular flexibility index (Phi) is 3.84. The van der Waals surface area contributed by atoms with Crippen molar-refractivity contribution in [3.63, 3.8) is 0 Å². The van der Waals surface area contributed by atoms with Crippen molar-refractivity contribution in [3.05, 3.63) is 47.0 Å². The average Bonchev–Trinajstić information content (AvgIpc) is 2.69. The average molecular weight is 303 g/mol. The number of carbonyl (C=O) groups excluding carboxylic acids is 1. The Balaban J connectivity index is 1.99. The fourth-order valence-electron chi connectivity index (χ4n) is 2.26. The largest absolute Gasteiger partial charge is 0.489 e. The molecule has 4 heteroatoms. The predicted molar refractivity (Wildman–Crippen MR) is 82.4 cm³/mol. The van der Waals surface area contributed by atoms with Gasteiger partial charge in [0.2, 0.25) is 0 Å². The second kappa shape index (κ2) is 5.78. The Morgan fingerprint density at radius 1 is 1.10 bits per heavy atom. The Hall–Kier alpha value is -2.00. The molecule has 0 bridgehead atoms. The van der Waals surface area contributed by atoms with Crippen LogP contribution in [0.15, 0.2) is 36.4 Å². The van der Waals surface area contributed by atoms with Crippen LogP contribution in [0.3, 0.4) is 0 Å². The lowest BCUT2D eigenvalue weighted by Crippen LogP contribution is -2.12. The number of ether oxygens (including phenoxy) is 2. The van der Waals surface area contributed by atoms with Crippen molar-refractivity contribution in [2.24, 2.45) is 5.92 Å². The second-order valence-corrected chi connectivity index (χ2v) is 5.65. The number of hydrogen-bond acceptors (Lipinski definition) is 3. The van der Waals surface area contributed by atoms with Crippen molar-refractivity contribution in [1.82, 2.24) is 0 Å². The second-order valence-electron chi connectivity index (χ2n) is 5.25. The van der Waals surface area contributed by atoms with Gasteiger partial charge in [-0.25, -0.2) is 0 Å². The maximum Gasteiger partial charge on any atom is 0.161 e. The lowest BCUT2D eigenvalue weighted by atomic mass is 10.0. The smallest absolute Gasteiger partial charge is 0.161 e. The van der Waals surface area contributed by atoms with Gasteiger partial charge in [-0.2, -0.15) is 0 Å². The van der Waals surface area contributed by atoms with Gasteiger partial charge in [-0.1, -0.05) is 36.7 Å². The minimum Gasteiger partial charge on any atom is -0.489 e. The molecule has 1 atom stereocenters. The fraction of sp³-hybridized carbons (Fsp3) is 0.235. The van der Waals surface area contributed by atoms with Crippen LogP contribution in [0.5, 0.6) is 11.5 Å². The first-order chi connectivity index (χ1) is 10.2. The van der Waals surface area contributed by atoms with Crippen LogP contribution in [0, 0.1) is 5.92 Å². The summed E-state index contributed by atoms with van der Waals surface area (Å²) in [5.41, 5.74) is 2.37. The van der Waals surface area contributed by atoms with Crippen LogP contribution in [-0.4, -0.2) is 19.5 Å². The molecule has 21 heavy (non-hydrogen) atoms. The Bertz CT molecular complexity index is 682. The van der Waals surface area contributed by atoms with Gasteiger partial charge in [0.1, 0.15) is 6.29 Å². The molecule has 0 saturated heterocycles. The van der Waals surface area contributed by atoms with Crippen molar-refractivity contribution >= 4 is 17.9 Å². The number of fused-ring (bicyclic) bond motifs is 1. The van der Waals surface area contributed by atoms with Crippen molar-refractivity contribution < 1.29 is 14.3 Å². The summed E-state index contributed by atoms with van der Waals surface area (Å²) in [4.78, 5) is 10.8. The molecule has 1 unspecified atom stereocenters. The molecule has 0 fully saturated rings. The monoisotopic (exact) mass is 302 g/mol. The highest BCUT2D eigenvalue weighted by atomic mass is 35.5. The van der Waals surface area contributed by atoms with Gasteiger partial charge in [-0.15, -0.1) is 0 Å². The van der Waals surface area contributed by atoms with E-state index in [2.05, 4.69) is 6.92 Å². The maximum absolute atomic E-state index is 10.8. The van der Waals surface area contributed by atoms with E-state index in [1.165, 1.54) is 0 Å². The number of hydrogen-bond donors (Lipinski definition) is 0. The minimum atomic E-state index is 0.358. The highest BCUT2D eigenvalue weighted by Gasteiger charge is 2.16. The normalized spacial score (nSPS) is 17.1. The molecule has 1 aliphatic heterocycles. The first-order valence-electron chi connectivity index (χ1n) is 6.82. The van der Waals surface area contributed by atoms with E-state index in [4.69, 9.17) is 21.1 Å². The Morgan fingerprint density at radius 3 is 2.57 bits per heavy atom. The van der Waals surface area contributed by atoms with Gasteiger partial charge in [0.05, 0.1) is 13.2 Å². The summed E-state index contributed by atoms with van der Waals surface area (Å²) in [6.45, 7) is 3.37. The molecule has 1 aliphatic rings. The van der Waals surface area contributed by atoms with Gasteiger partial charge < -0.3 is 9.47 Å². The molecule has 2 aromatic carbocycles. The van der Waals surface area contributed by atoms with Gasteiger partial charge in [-0.3, -0.25) is 4.79 Å². The summed E-state index contributed by atoms with van der Waals surface area (Å²) >= 11 is 6.25. The third-order valence-corrected chi connectivity index (χ3v) is 3.74. The zero-order chi connectivity index (χ0) is 14.8. The SMILES string of the molecule is CC1COc2ccc(-c3ccc(C=O)cc3Cl)cc2OC1. The molecular formula is C17H15ClO3. The summed E-state index contributed by atoms with van der Waals surface area (Å²) in [7, 11) is 0. The van der Waals surface area contributed by atoms with Gasteiger partial charge in [0, 0.05) is 22.1 Å². The molecule has 0 aliphatic carbocycles. The highest BCUT2D eigenvalue weighted by Crippen LogP contribution is 2.37. The summed E-state index contributed by atoms with van der Waals surface area (Å²) in [5.74, 6) is 1.84. The van der Waals surface area contributed by atoms with E-state index in [9.17, 15) is 4.79 Å². The fourth-order valence-corrected chi connectivity index (χ4v) is 2.56. The van der Waals surface area contributed by atoms with Crippen molar-refractivity contribution in [1.29, 1.82) is 0 Å². The molecule has 0 spiro atoms. The number of rotatable bonds is 2. The van der Waals surface area contributed by atoms with Gasteiger partial charge in [0.15, 0.2) is 11.5 Å². The van der Waals surface area contributed by atoms with Crippen LogP contribution < -0.4 is 9.47 Å². The summed E-state index contributed by atoms with van der Waals surface area (Å²) in [6, 6.07) is 11.0. The lowest BCUT2D eigenvalue weighted by molar-refractivity contribution is 0.112. The van der Waals surface area contributed by atoms with E-state index in [1.54, 1.807) is 12.1 Å². The number of aldehydes is 1. The molecule has 0 saturated carbocycles. The molecular weight excluding hydrogens is 288 g/mol. The quantitative estimate of drug-likeness (QED) is 0.779. The van der Waals surface area contributed by atoms with E-state index >= 15 is 0 Å². The predicted octanol–water partition coefficient (Wildman–Crippen LogP) is 4.23. The van der Waals surface area contributed by atoms with E-state index in [0.717, 1.165) is 28.9 Å². The number of benzene rings is 2. The standard InChI is InChI=1S/C17H15ClO3/c1-11-9-20-16-5-3-13(7-17(16)21-10-11)14-4-2-12(8-19)6-15(14)18/h2-8,11H,9-10H2,1H3. The third-order valence-electron chi connectivity index (χ3n) is 3.43. The van der Waals surface area contributed by atoms with Crippen LogP contribution in [-0.2, 0) is 0 Å². The molecule has 0 amide bonds. The van der Waals surface area contributed by atoms with Crippen molar-refractivity contribution in [2.75, 3.05) is 13.2 Å². The van der Waals surface area contributed by atoms with Crippen LogP contribution >= 0.6 is 11.6 Å². The van der Waals surface area contributed by atoms with E-state index in [-0.39, 0.29) is 0 Å². The highest BCUT2D eigenvalue weighted by molar-refractivity contribution is 6.33. The van der Waals surface area contributed by atoms with Gasteiger partial charge in [-0.05, 0) is 23.8 Å². The first kappa shape index (κ1) is 14.0. The molecule has 0 aromatic heterocycles. The van der Waals surface area contributed by atoms with E-state index in [1.807, 2.05) is 24.3 Å². The van der Waals surface area contributed by atoms with Crippen molar-refractivity contribution in [3.8, 4) is 22.6 Å². The maximum atomic E-state index is 10.8. The van der Waals surface area contributed by atoms with Crippen LogP contribution in [0.2, 0.25) is 5.02 Å². The molecule has 0 N–H and O–H groups in total. The van der Waals surface area contributed by atoms with E-state index in [0.29, 0.717) is 29.7 Å². The van der Waals surface area contributed by atoms with Crippen LogP contribution in [0.25, 0.3) is 11.1 Å². The molecule has 2 aromatic rings. The zero-order valence-corrected chi connectivity index (χ0v) is 12.4. The minimum absolute atomic E-state index is 0.358. The third kappa shape index (κ3) is 2.88. The Labute approximate surface area is 128 Å². The molecule has 108 valence electrons. The summed E-state index contributed by atoms with van der Waals surface area (Å²) in [6.07, 6.45) is 0.783. The zero-order valence-electron chi connectivity index (χ0n) is 11.6. The number of carbonyl (C=O) groups is 1. The topological polar surface area (TPSA) is 35.5 Å².